The summed E-state index contributed by atoms with van der Waals surface area (Å²) < 4.78 is 33.3. The van der Waals surface area contributed by atoms with Crippen molar-refractivity contribution in [2.75, 3.05) is 6.54 Å². The first-order valence-electron chi connectivity index (χ1n) is 17.5. The summed E-state index contributed by atoms with van der Waals surface area (Å²) in [4.78, 5) is 71.1. The summed E-state index contributed by atoms with van der Waals surface area (Å²) in [5, 5.41) is 4.99. The minimum atomic E-state index is -3.88. The van der Waals surface area contributed by atoms with E-state index in [2.05, 4.69) is 28.0 Å². The zero-order valence-electron chi connectivity index (χ0n) is 28.2. The monoisotopic (exact) mass is 697 g/mol. The first-order chi connectivity index (χ1) is 23.3. The predicted molar refractivity (Wildman–Crippen MR) is 179 cm³/mol. The fraction of sp³-hybridized carbons (Fsp3) is 0.629. The van der Waals surface area contributed by atoms with Gasteiger partial charge in [-0.05, 0) is 61.1 Å². The lowest BCUT2D eigenvalue weighted by molar-refractivity contribution is -0.143. The van der Waals surface area contributed by atoms with E-state index < -0.39 is 68.7 Å². The highest BCUT2D eigenvalue weighted by Gasteiger charge is 2.62. The first kappa shape index (κ1) is 34.9. The van der Waals surface area contributed by atoms with Crippen LogP contribution in [0.4, 0.5) is 4.79 Å². The lowest BCUT2D eigenvalue weighted by Crippen LogP contribution is -2.59. The molecule has 0 unspecified atom stereocenters. The quantitative estimate of drug-likeness (QED) is 0.365. The zero-order chi connectivity index (χ0) is 35.1. The van der Waals surface area contributed by atoms with Crippen molar-refractivity contribution in [1.29, 1.82) is 0 Å². The van der Waals surface area contributed by atoms with E-state index in [1.165, 1.54) is 16.5 Å². The highest BCUT2D eigenvalue weighted by molar-refractivity contribution is 7.91. The number of benzene rings is 1. The van der Waals surface area contributed by atoms with Gasteiger partial charge in [-0.1, -0.05) is 51.0 Å². The van der Waals surface area contributed by atoms with Crippen molar-refractivity contribution in [3.05, 3.63) is 47.5 Å². The molecule has 3 aliphatic heterocycles. The number of nitrogens with one attached hydrogen (secondary N) is 3. The molecule has 0 radical (unpaired) electrons. The van der Waals surface area contributed by atoms with Gasteiger partial charge in [0.2, 0.25) is 27.7 Å². The highest BCUT2D eigenvalue weighted by Crippen LogP contribution is 2.45. The van der Waals surface area contributed by atoms with Gasteiger partial charge in [-0.25, -0.2) is 13.2 Å². The van der Waals surface area contributed by atoms with Gasteiger partial charge in [-0.15, -0.1) is 6.58 Å². The Morgan fingerprint density at radius 3 is 2.45 bits per heavy atom. The molecule has 0 aromatic heterocycles. The molecule has 13 nitrogen and oxygen atoms in total. The van der Waals surface area contributed by atoms with Crippen LogP contribution in [-0.2, 0) is 53.4 Å². The standard InChI is InChI=1S/C35H47N5O8S/c1-4-24-17-35(24,33(44)38-49(46,47)26-14-15-26)37-31(42)28-16-25-19-40(28)32(43)30(21(2)3)36-29(41)13-8-6-5-7-10-22-11-9-12-23-18-39(20-27(22)23)34(45)48-25/h4,9,11-12,21,24-26,28,30H,1,5-8,10,13-20H2,2-3H3,(H,36,41)(H,37,42)(H,38,44)/t24-,25+,28-,30-,35+/m0/s1. The molecule has 49 heavy (non-hydrogen) atoms. The highest BCUT2D eigenvalue weighted by atomic mass is 32.2. The normalized spacial score (nSPS) is 29.3. The van der Waals surface area contributed by atoms with E-state index in [9.17, 15) is 32.4 Å². The molecule has 6 rings (SSSR count). The fourth-order valence-corrected chi connectivity index (χ4v) is 8.72. The molecule has 1 aromatic carbocycles. The Labute approximate surface area is 287 Å². The molecule has 0 spiro atoms. The summed E-state index contributed by atoms with van der Waals surface area (Å²) >= 11 is 0. The van der Waals surface area contributed by atoms with Crippen molar-refractivity contribution in [2.45, 2.75) is 120 Å². The van der Waals surface area contributed by atoms with E-state index in [1.807, 2.05) is 12.1 Å². The molecule has 14 heteroatoms. The Morgan fingerprint density at radius 1 is 1.06 bits per heavy atom. The number of amides is 5. The van der Waals surface area contributed by atoms with Crippen molar-refractivity contribution >= 4 is 39.7 Å². The Kier molecular flexibility index (Phi) is 9.80. The van der Waals surface area contributed by atoms with Crippen LogP contribution in [0.15, 0.2) is 30.9 Å². The van der Waals surface area contributed by atoms with Gasteiger partial charge in [0.25, 0.3) is 5.91 Å². The minimum absolute atomic E-state index is 0.0368. The van der Waals surface area contributed by atoms with E-state index in [1.54, 1.807) is 18.7 Å². The maximum atomic E-state index is 14.2. The third kappa shape index (κ3) is 7.34. The van der Waals surface area contributed by atoms with E-state index >= 15 is 0 Å². The molecule has 5 atom stereocenters. The second-order valence-corrected chi connectivity index (χ2v) is 16.5. The van der Waals surface area contributed by atoms with Crippen LogP contribution >= 0.6 is 0 Å². The third-order valence-electron chi connectivity index (χ3n) is 10.6. The molecule has 4 bridgehead atoms. The molecule has 1 aromatic rings. The van der Waals surface area contributed by atoms with E-state index in [4.69, 9.17) is 4.74 Å². The van der Waals surface area contributed by atoms with Gasteiger partial charge in [0.05, 0.1) is 11.8 Å². The lowest BCUT2D eigenvalue weighted by atomic mass is 9.98. The van der Waals surface area contributed by atoms with Gasteiger partial charge in [0.1, 0.15) is 23.7 Å². The number of aryl methyl sites for hydroxylation is 1. The van der Waals surface area contributed by atoms with Crippen LogP contribution in [0.25, 0.3) is 0 Å². The molecule has 1 saturated heterocycles. The van der Waals surface area contributed by atoms with E-state index in [-0.39, 0.29) is 37.6 Å². The molecule has 2 saturated carbocycles. The Bertz CT molecular complexity index is 1640. The maximum Gasteiger partial charge on any atom is 0.410 e. The fourth-order valence-electron chi connectivity index (χ4n) is 7.36. The average molecular weight is 698 g/mol. The first-order valence-corrected chi connectivity index (χ1v) is 19.0. The van der Waals surface area contributed by atoms with E-state index in [0.717, 1.165) is 36.8 Å². The topological polar surface area (TPSA) is 171 Å². The Hall–Kier alpha value is -3.94. The molecule has 2 aliphatic carbocycles. The van der Waals surface area contributed by atoms with E-state index in [0.29, 0.717) is 32.4 Å². The summed E-state index contributed by atoms with van der Waals surface area (Å²) in [5.74, 6) is -3.10. The molecule has 3 fully saturated rings. The van der Waals surface area contributed by atoms with Crippen LogP contribution < -0.4 is 15.4 Å². The summed E-state index contributed by atoms with van der Waals surface area (Å²) in [6, 6.07) is 4.01. The largest absolute Gasteiger partial charge is 0.444 e. The van der Waals surface area contributed by atoms with Gasteiger partial charge >= 0.3 is 6.09 Å². The summed E-state index contributed by atoms with van der Waals surface area (Å²) in [6.45, 7) is 8.07. The second-order valence-electron chi connectivity index (χ2n) is 14.5. The molecule has 266 valence electrons. The van der Waals surface area contributed by atoms with Gasteiger partial charge in [-0.2, -0.15) is 0 Å². The number of hydrogen-bond donors (Lipinski definition) is 3. The number of hydrogen-bond acceptors (Lipinski definition) is 8. The van der Waals surface area contributed by atoms with Crippen LogP contribution in [0.5, 0.6) is 0 Å². The third-order valence-corrected chi connectivity index (χ3v) is 12.4. The van der Waals surface area contributed by atoms with Crippen molar-refractivity contribution in [3.8, 4) is 0 Å². The average Bonchev–Trinajstić information content (AvgIpc) is 3.95. The summed E-state index contributed by atoms with van der Waals surface area (Å²) in [6.07, 6.45) is 5.72. The molecule has 5 amide bonds. The van der Waals surface area contributed by atoms with Crippen LogP contribution in [0, 0.1) is 11.8 Å². The molecular weight excluding hydrogens is 650 g/mol. The molecular formula is C35H47N5O8S. The molecule has 3 heterocycles. The number of carbonyl (C=O) groups is 5. The second kappa shape index (κ2) is 13.8. The lowest BCUT2D eigenvalue weighted by Gasteiger charge is -2.31. The minimum Gasteiger partial charge on any atom is -0.444 e. The van der Waals surface area contributed by atoms with Crippen molar-refractivity contribution in [1.82, 2.24) is 25.2 Å². The van der Waals surface area contributed by atoms with Gasteiger partial charge in [0, 0.05) is 31.8 Å². The number of nitrogens with zero attached hydrogens (tertiary/aromatic N) is 2. The van der Waals surface area contributed by atoms with Gasteiger partial charge in [0.15, 0.2) is 0 Å². The van der Waals surface area contributed by atoms with Crippen molar-refractivity contribution < 1.29 is 37.1 Å². The summed E-state index contributed by atoms with van der Waals surface area (Å²) in [5.41, 5.74) is 1.83. The van der Waals surface area contributed by atoms with Crippen LogP contribution in [0.2, 0.25) is 0 Å². The van der Waals surface area contributed by atoms with Gasteiger partial charge < -0.3 is 20.3 Å². The van der Waals surface area contributed by atoms with Gasteiger partial charge in [-0.3, -0.25) is 28.8 Å². The van der Waals surface area contributed by atoms with Crippen LogP contribution in [-0.4, -0.2) is 83.5 Å². The zero-order valence-corrected chi connectivity index (χ0v) is 29.1. The van der Waals surface area contributed by atoms with Crippen LogP contribution in [0.3, 0.4) is 0 Å². The smallest absolute Gasteiger partial charge is 0.410 e. The van der Waals surface area contributed by atoms with Crippen LogP contribution in [0.1, 0.15) is 88.3 Å². The number of ether oxygens (including phenoxy) is 1. The number of fused-ring (bicyclic) bond motifs is 3. The number of rotatable bonds is 7. The maximum absolute atomic E-state index is 14.2. The summed E-state index contributed by atoms with van der Waals surface area (Å²) in [7, 11) is -3.88. The Balaban J connectivity index is 1.25. The number of carbonyl (C=O) groups excluding carboxylic acids is 5. The Morgan fingerprint density at radius 2 is 1.78 bits per heavy atom. The predicted octanol–water partition coefficient (Wildman–Crippen LogP) is 2.43. The number of sulfonamides is 1. The van der Waals surface area contributed by atoms with Crippen molar-refractivity contribution in [2.24, 2.45) is 11.8 Å². The SMILES string of the molecule is C=C[C@H]1C[C@]1(NC(=O)[C@@H]1C[C@@H]2CN1C(=O)[C@H](C(C)C)NC(=O)CCCCCCc1cccc3c1CN(C3)C(=O)O2)C(=O)NS(=O)(=O)C1CC1. The van der Waals surface area contributed by atoms with Crippen molar-refractivity contribution in [3.63, 3.8) is 0 Å². The molecule has 3 N–H and O–H groups in total. The molecule has 5 aliphatic rings.